The molecule has 12 rings (SSSR count). The minimum Gasteiger partial charge on any atom is -0.508 e. The molecule has 4 saturated carbocycles. The van der Waals surface area contributed by atoms with Crippen LogP contribution in [0.4, 0.5) is 0 Å². The molecule has 4 aliphatic rings. The Hall–Kier alpha value is -7.86. The Morgan fingerprint density at radius 2 is 0.673 bits per heavy atom. The van der Waals surface area contributed by atoms with Crippen molar-refractivity contribution in [3.63, 3.8) is 0 Å². The number of carboxylic acids is 1. The third-order valence-electron chi connectivity index (χ3n) is 22.3. The van der Waals surface area contributed by atoms with Gasteiger partial charge in [0.1, 0.15) is 46.0 Å². The molecule has 4 aromatic carbocycles. The van der Waals surface area contributed by atoms with Gasteiger partial charge in [-0.3, -0.25) is 19.9 Å². The number of carboxylic acid groups (broad SMARTS) is 1. The number of carbonyl (C=O) groups excluding carboxylic acids is 1. The number of hydrogen-bond acceptors (Lipinski definition) is 18. The second-order valence-corrected chi connectivity index (χ2v) is 32.8. The normalized spacial score (nSPS) is 14.8. The summed E-state index contributed by atoms with van der Waals surface area (Å²) in [4.78, 5) is 42.1. The molecule has 113 heavy (non-hydrogen) atoms. The number of aryl methyl sites for hydroxylation is 5. The van der Waals surface area contributed by atoms with E-state index < -0.39 is 11.9 Å². The lowest BCUT2D eigenvalue weighted by Gasteiger charge is -2.24. The van der Waals surface area contributed by atoms with E-state index in [2.05, 4.69) is 66.4 Å². The van der Waals surface area contributed by atoms with E-state index in [1.54, 1.807) is 27.4 Å². The van der Waals surface area contributed by atoms with Crippen LogP contribution in [-0.4, -0.2) is 114 Å². The van der Waals surface area contributed by atoms with Crippen LogP contribution in [0.2, 0.25) is 0 Å². The van der Waals surface area contributed by atoms with Crippen molar-refractivity contribution in [2.45, 2.75) is 233 Å². The molecule has 0 spiro atoms. The summed E-state index contributed by atoms with van der Waals surface area (Å²) in [6.07, 6.45) is 27.1. The fourth-order valence-electron chi connectivity index (χ4n) is 16.1. The van der Waals surface area contributed by atoms with Crippen molar-refractivity contribution in [2.75, 3.05) is 62.0 Å². The van der Waals surface area contributed by atoms with Crippen LogP contribution in [-0.2, 0) is 54.2 Å². The van der Waals surface area contributed by atoms with Crippen LogP contribution in [0.1, 0.15) is 264 Å². The van der Waals surface area contributed by atoms with Crippen LogP contribution in [0, 0.1) is 55.4 Å². The van der Waals surface area contributed by atoms with Gasteiger partial charge in [-0.2, -0.15) is 0 Å². The van der Waals surface area contributed by atoms with Gasteiger partial charge in [0, 0.05) is 93.5 Å². The van der Waals surface area contributed by atoms with Crippen molar-refractivity contribution in [1.82, 2.24) is 19.9 Å². The molecule has 0 atom stereocenters. The number of esters is 1. The molecule has 0 amide bonds. The Morgan fingerprint density at radius 1 is 0.363 bits per heavy atom. The quantitative estimate of drug-likeness (QED) is 0.0276. The number of ether oxygens (including phenoxy) is 9. The molecule has 0 saturated heterocycles. The Labute approximate surface area is 693 Å². The largest absolute Gasteiger partial charge is 0.508 e. The van der Waals surface area contributed by atoms with Gasteiger partial charge in [-0.1, -0.05) is 77.0 Å². The highest BCUT2D eigenvalue weighted by Crippen LogP contribution is 2.44. The molecule has 22 heteroatoms. The molecule has 4 fully saturated rings. The molecule has 4 heterocycles. The Bertz CT molecular complexity index is 4470. The predicted octanol–water partition coefficient (Wildman–Crippen LogP) is 21.7. The molecule has 610 valence electrons. The van der Waals surface area contributed by atoms with Crippen LogP contribution >= 0.6 is 47.8 Å². The van der Waals surface area contributed by atoms with Gasteiger partial charge in [0.2, 0.25) is 0 Å². The summed E-state index contributed by atoms with van der Waals surface area (Å²) < 4.78 is 50.8. The molecular formula is C91H115Br3N4O15. The third kappa shape index (κ3) is 25.1. The summed E-state index contributed by atoms with van der Waals surface area (Å²) >= 11 is 10.7. The number of nitrogens with zero attached hydrogens (tertiary/aromatic N) is 4. The Balaban J connectivity index is 0.000000173. The van der Waals surface area contributed by atoms with E-state index in [1.807, 2.05) is 114 Å². The number of benzene rings is 4. The first-order chi connectivity index (χ1) is 54.4. The van der Waals surface area contributed by atoms with E-state index in [0.29, 0.717) is 59.5 Å². The lowest BCUT2D eigenvalue weighted by molar-refractivity contribution is -0.143. The van der Waals surface area contributed by atoms with Crippen LogP contribution < -0.4 is 23.7 Å². The van der Waals surface area contributed by atoms with Crippen molar-refractivity contribution in [2.24, 2.45) is 0 Å². The Kier molecular flexibility index (Phi) is 34.9. The van der Waals surface area contributed by atoms with Gasteiger partial charge in [-0.05, 0) is 300 Å². The number of pyridine rings is 4. The summed E-state index contributed by atoms with van der Waals surface area (Å²) in [6.45, 7) is 16.4. The van der Waals surface area contributed by atoms with Gasteiger partial charge in [-0.15, -0.1) is 0 Å². The first-order valence-corrected chi connectivity index (χ1v) is 42.2. The maximum Gasteiger partial charge on any atom is 0.343 e. The maximum atomic E-state index is 11.4. The van der Waals surface area contributed by atoms with Crippen molar-refractivity contribution >= 4 is 59.7 Å². The third-order valence-corrected chi connectivity index (χ3v) is 25.2. The zero-order chi connectivity index (χ0) is 81.3. The summed E-state index contributed by atoms with van der Waals surface area (Å²) in [5.41, 5.74) is 21.3. The number of methoxy groups -OCH3 is 4. The molecule has 0 aliphatic heterocycles. The average molecular weight is 1740 g/mol. The van der Waals surface area contributed by atoms with Crippen molar-refractivity contribution in [3.8, 4) is 46.0 Å². The maximum absolute atomic E-state index is 11.4. The highest BCUT2D eigenvalue weighted by atomic mass is 79.9. The lowest BCUT2D eigenvalue weighted by atomic mass is 9.86. The number of aliphatic carboxylic acids is 1. The highest BCUT2D eigenvalue weighted by Gasteiger charge is 2.28. The van der Waals surface area contributed by atoms with Crippen molar-refractivity contribution in [3.05, 3.63) is 205 Å². The Morgan fingerprint density at radius 3 is 1.03 bits per heavy atom. The van der Waals surface area contributed by atoms with E-state index >= 15 is 0 Å². The van der Waals surface area contributed by atoms with Crippen LogP contribution in [0.15, 0.2) is 92.3 Å². The number of phenols is 2. The van der Waals surface area contributed by atoms with Gasteiger partial charge in [0.15, 0.2) is 33.6 Å². The summed E-state index contributed by atoms with van der Waals surface area (Å²) in [6, 6.07) is 25.1. The lowest BCUT2D eigenvalue weighted by Crippen LogP contribution is -2.13. The van der Waals surface area contributed by atoms with Gasteiger partial charge in [0.25, 0.3) is 0 Å². The van der Waals surface area contributed by atoms with Gasteiger partial charge >= 0.3 is 11.9 Å². The first-order valence-electron chi connectivity index (χ1n) is 39.8. The predicted molar refractivity (Wildman–Crippen MR) is 451 cm³/mol. The number of phenolic OH excluding ortho intramolecular Hbond substituents is 2. The smallest absolute Gasteiger partial charge is 0.343 e. The zero-order valence-corrected chi connectivity index (χ0v) is 72.8. The molecule has 19 nitrogen and oxygen atoms in total. The number of aromatic hydroxyl groups is 3. The first kappa shape index (κ1) is 89.1. The SMILES string of the molecule is COCOc1ccc(Cc2c(C)cc(O)c(Br)c2C)nc1C1CCCCC1.COCOc1ccc(Cc2c(C)cc(O)cc2C)nc1C1CCCCC1.COCOc1ccc(Cc2c(C)cc(OCC(=O)OC)c(Br)c2C)nc1C1CCCCC1.Cc1cc(OCC(=O)O)c(Br)c(C)c1Cc1ccc(O)c(C2CCCCC2)n1. The van der Waals surface area contributed by atoms with E-state index in [4.69, 9.17) is 62.9 Å². The number of carbonyl (C=O) groups is 2. The number of rotatable bonds is 27. The van der Waals surface area contributed by atoms with Gasteiger partial charge < -0.3 is 63.1 Å². The summed E-state index contributed by atoms with van der Waals surface area (Å²) in [5.74, 6) is 4.86. The monoisotopic (exact) mass is 1740 g/mol. The molecule has 0 unspecified atom stereocenters. The molecule has 0 radical (unpaired) electrons. The fourth-order valence-corrected chi connectivity index (χ4v) is 17.4. The van der Waals surface area contributed by atoms with Gasteiger partial charge in [0.05, 0.1) is 43.3 Å². The highest BCUT2D eigenvalue weighted by molar-refractivity contribution is 9.11. The number of halogens is 3. The zero-order valence-electron chi connectivity index (χ0n) is 68.0. The van der Waals surface area contributed by atoms with Crippen molar-refractivity contribution < 1.29 is 72.6 Å². The van der Waals surface area contributed by atoms with Crippen LogP contribution in [0.25, 0.3) is 0 Å². The van der Waals surface area contributed by atoms with E-state index in [1.165, 1.54) is 127 Å². The molecule has 4 aromatic heterocycles. The van der Waals surface area contributed by atoms with Gasteiger partial charge in [-0.25, -0.2) is 9.59 Å². The molecule has 8 aromatic rings. The fraction of sp³-hybridized carbons (Fsp3) is 0.495. The second-order valence-electron chi connectivity index (χ2n) is 30.4. The topological polar surface area (TPSA) is 250 Å². The minimum atomic E-state index is -1.00. The van der Waals surface area contributed by atoms with E-state index in [-0.39, 0.29) is 39.3 Å². The minimum absolute atomic E-state index is 0.122. The van der Waals surface area contributed by atoms with Crippen LogP contribution in [0.5, 0.6) is 46.0 Å². The standard InChI is InChI=1S/C25H32BrNO5.C22H26BrNO4.C22H28BrNO3.C22H29NO3/c1-16-12-22(31-14-23(28)30-4)24(26)17(2)20(16)13-19-10-11-21(32-15-29-3)25(27-19)18-8-6-5-7-9-18;1-13-10-19(28-12-20(26)27)21(23)14(2)17(13)11-16-8-9-18(25)22(24-16)15-6-4-3-5-7-15;1-14-11-19(25)21(23)15(2)18(14)12-17-9-10-20(27-13-26-3)22(24-17)16-7-5-4-6-8-16;1-15-11-19(24)12-16(2)20(15)13-18-9-10-21(26-14-25-3)22(23-18)17-7-5-4-6-8-17/h10-12,18H,5-9,13-15H2,1-4H3;8-10,15,25H,3-7,11-12H2,1-2H3,(H,26,27);9-11,16,25H,4-8,12-13H2,1-3H3;9-12,17,24H,4-8,13-14H2,1-3H3. The molecule has 4 aliphatic carbocycles. The average Bonchev–Trinajstić information content (AvgIpc) is 0.800. The van der Waals surface area contributed by atoms with E-state index in [0.717, 1.165) is 165 Å². The van der Waals surface area contributed by atoms with E-state index in [9.17, 15) is 24.9 Å². The summed E-state index contributed by atoms with van der Waals surface area (Å²) in [5, 5.41) is 38.9. The summed E-state index contributed by atoms with van der Waals surface area (Å²) in [7, 11) is 6.25. The number of hydrogen-bond donors (Lipinski definition) is 4. The second kappa shape index (κ2) is 44.3. The van der Waals surface area contributed by atoms with Crippen molar-refractivity contribution in [1.29, 1.82) is 0 Å². The van der Waals surface area contributed by atoms with Crippen LogP contribution in [0.3, 0.4) is 0 Å². The molecular weight excluding hydrogens is 1630 g/mol. The molecule has 4 N–H and O–H groups in total. The number of aromatic nitrogens is 4. The molecule has 0 bridgehead atoms.